The van der Waals surface area contributed by atoms with Crippen LogP contribution in [0.4, 0.5) is 0 Å². The summed E-state index contributed by atoms with van der Waals surface area (Å²) < 4.78 is 5.53. The molecule has 5 heteroatoms. The lowest BCUT2D eigenvalue weighted by atomic mass is 9.78. The highest BCUT2D eigenvalue weighted by molar-refractivity contribution is 5.88. The second-order valence-electron chi connectivity index (χ2n) is 6.44. The smallest absolute Gasteiger partial charge is 0.329 e. The third kappa shape index (κ3) is 3.65. The van der Waals surface area contributed by atoms with E-state index in [2.05, 4.69) is 5.32 Å². The molecule has 0 bridgehead atoms. The number of fused-ring (bicyclic) bond motifs is 1. The van der Waals surface area contributed by atoms with E-state index < -0.39 is 17.4 Å². The number of carboxylic acids is 1. The Kier molecular flexibility index (Phi) is 4.74. The molecule has 5 nitrogen and oxygen atoms in total. The molecule has 1 aliphatic rings. The largest absolute Gasteiger partial charge is 0.484 e. The Labute approximate surface area is 146 Å². The molecule has 0 saturated carbocycles. The van der Waals surface area contributed by atoms with Gasteiger partial charge in [0, 0.05) is 6.42 Å². The molecule has 0 fully saturated rings. The van der Waals surface area contributed by atoms with Crippen LogP contribution in [0.5, 0.6) is 5.75 Å². The summed E-state index contributed by atoms with van der Waals surface area (Å²) in [6.07, 6.45) is 1.28. The average Bonchev–Trinajstić information content (AvgIpc) is 2.61. The molecule has 1 aliphatic carbocycles. The van der Waals surface area contributed by atoms with Gasteiger partial charge < -0.3 is 15.2 Å². The SMILES string of the molecule is Cc1ccccc1OCC(=O)NC1(C(=O)O)CCc2ccccc2C1. The van der Waals surface area contributed by atoms with Gasteiger partial charge in [-0.2, -0.15) is 0 Å². The number of para-hydroxylation sites is 1. The number of benzene rings is 2. The molecule has 1 amide bonds. The highest BCUT2D eigenvalue weighted by Crippen LogP contribution is 2.29. The lowest BCUT2D eigenvalue weighted by molar-refractivity contribution is -0.148. The lowest BCUT2D eigenvalue weighted by Crippen LogP contribution is -2.58. The molecule has 0 saturated heterocycles. The minimum Gasteiger partial charge on any atom is -0.484 e. The van der Waals surface area contributed by atoms with E-state index in [9.17, 15) is 14.7 Å². The molecule has 0 spiro atoms. The number of hydrogen-bond donors (Lipinski definition) is 2. The molecular weight excluding hydrogens is 318 g/mol. The van der Waals surface area contributed by atoms with Crippen LogP contribution in [-0.2, 0) is 22.4 Å². The molecule has 0 aliphatic heterocycles. The Morgan fingerprint density at radius 2 is 1.80 bits per heavy atom. The van der Waals surface area contributed by atoms with E-state index in [1.54, 1.807) is 6.07 Å². The number of carbonyl (C=O) groups excluding carboxylic acids is 1. The maximum Gasteiger partial charge on any atom is 0.329 e. The molecule has 0 radical (unpaired) electrons. The summed E-state index contributed by atoms with van der Waals surface area (Å²) >= 11 is 0. The fourth-order valence-electron chi connectivity index (χ4n) is 3.24. The van der Waals surface area contributed by atoms with Crippen molar-refractivity contribution in [2.24, 2.45) is 0 Å². The monoisotopic (exact) mass is 339 g/mol. The van der Waals surface area contributed by atoms with Crippen molar-refractivity contribution in [2.75, 3.05) is 6.61 Å². The van der Waals surface area contributed by atoms with Gasteiger partial charge in [-0.05, 0) is 42.5 Å². The van der Waals surface area contributed by atoms with Gasteiger partial charge >= 0.3 is 5.97 Å². The predicted octanol–water partition coefficient (Wildman–Crippen LogP) is 2.50. The van der Waals surface area contributed by atoms with Crippen molar-refractivity contribution in [1.29, 1.82) is 0 Å². The van der Waals surface area contributed by atoms with Crippen LogP contribution < -0.4 is 10.1 Å². The minimum atomic E-state index is -1.28. The molecule has 2 aromatic rings. The number of ether oxygens (including phenoxy) is 1. The maximum absolute atomic E-state index is 12.3. The molecule has 2 N–H and O–H groups in total. The number of rotatable bonds is 5. The van der Waals surface area contributed by atoms with Crippen molar-refractivity contribution >= 4 is 11.9 Å². The van der Waals surface area contributed by atoms with E-state index >= 15 is 0 Å². The highest BCUT2D eigenvalue weighted by atomic mass is 16.5. The number of amides is 1. The first-order valence-electron chi connectivity index (χ1n) is 8.30. The van der Waals surface area contributed by atoms with Crippen LogP contribution in [0.25, 0.3) is 0 Å². The van der Waals surface area contributed by atoms with Gasteiger partial charge in [0.2, 0.25) is 0 Å². The molecule has 1 atom stereocenters. The third-order valence-corrected chi connectivity index (χ3v) is 4.67. The topological polar surface area (TPSA) is 75.6 Å². The quantitative estimate of drug-likeness (QED) is 0.878. The zero-order valence-electron chi connectivity index (χ0n) is 14.1. The van der Waals surface area contributed by atoms with Gasteiger partial charge in [-0.3, -0.25) is 4.79 Å². The van der Waals surface area contributed by atoms with Gasteiger partial charge in [-0.25, -0.2) is 4.79 Å². The van der Waals surface area contributed by atoms with Crippen LogP contribution in [-0.4, -0.2) is 29.1 Å². The Hall–Kier alpha value is -2.82. The van der Waals surface area contributed by atoms with Crippen molar-refractivity contribution < 1.29 is 19.4 Å². The maximum atomic E-state index is 12.3. The van der Waals surface area contributed by atoms with E-state index in [1.807, 2.05) is 49.4 Å². The number of carbonyl (C=O) groups is 2. The lowest BCUT2D eigenvalue weighted by Gasteiger charge is -2.35. The van der Waals surface area contributed by atoms with Crippen molar-refractivity contribution in [2.45, 2.75) is 31.7 Å². The van der Waals surface area contributed by atoms with Gasteiger partial charge in [0.15, 0.2) is 6.61 Å². The van der Waals surface area contributed by atoms with Crippen molar-refractivity contribution in [1.82, 2.24) is 5.32 Å². The number of hydrogen-bond acceptors (Lipinski definition) is 3. The second kappa shape index (κ2) is 6.97. The second-order valence-corrected chi connectivity index (χ2v) is 6.44. The number of carboxylic acid groups (broad SMARTS) is 1. The van der Waals surface area contributed by atoms with E-state index in [4.69, 9.17) is 4.74 Å². The zero-order valence-corrected chi connectivity index (χ0v) is 14.1. The summed E-state index contributed by atoms with van der Waals surface area (Å²) in [5.74, 6) is -0.813. The molecule has 2 aromatic carbocycles. The molecular formula is C20H21NO4. The zero-order chi connectivity index (χ0) is 17.9. The van der Waals surface area contributed by atoms with Crippen LogP contribution in [0.3, 0.4) is 0 Å². The Bertz CT molecular complexity index is 802. The summed E-state index contributed by atoms with van der Waals surface area (Å²) in [4.78, 5) is 24.2. The van der Waals surface area contributed by atoms with Crippen LogP contribution in [0, 0.1) is 6.92 Å². The summed E-state index contributed by atoms with van der Waals surface area (Å²) in [5, 5.41) is 12.4. The highest BCUT2D eigenvalue weighted by Gasteiger charge is 2.42. The predicted molar refractivity (Wildman–Crippen MR) is 93.7 cm³/mol. The first-order valence-corrected chi connectivity index (χ1v) is 8.30. The standard InChI is InChI=1S/C20H21NO4/c1-14-6-2-5-9-17(14)25-13-18(22)21-20(19(23)24)11-10-15-7-3-4-8-16(15)12-20/h2-9H,10-13H2,1H3,(H,21,22)(H,23,24). The first-order chi connectivity index (χ1) is 12.0. The van der Waals surface area contributed by atoms with Crippen LogP contribution in [0.15, 0.2) is 48.5 Å². The summed E-state index contributed by atoms with van der Waals surface area (Å²) in [7, 11) is 0. The van der Waals surface area contributed by atoms with E-state index in [1.165, 1.54) is 0 Å². The number of aryl methyl sites for hydroxylation is 2. The Morgan fingerprint density at radius 1 is 1.12 bits per heavy atom. The van der Waals surface area contributed by atoms with Gasteiger partial charge in [0.25, 0.3) is 5.91 Å². The van der Waals surface area contributed by atoms with Crippen LogP contribution >= 0.6 is 0 Å². The molecule has 1 unspecified atom stereocenters. The van der Waals surface area contributed by atoms with Gasteiger partial charge in [-0.1, -0.05) is 42.5 Å². The van der Waals surface area contributed by atoms with Crippen LogP contribution in [0.1, 0.15) is 23.1 Å². The molecule has 0 heterocycles. The summed E-state index contributed by atoms with van der Waals surface area (Å²) in [6.45, 7) is 1.69. The van der Waals surface area contributed by atoms with Crippen molar-refractivity contribution in [3.8, 4) is 5.75 Å². The Balaban J connectivity index is 1.69. The van der Waals surface area contributed by atoms with Gasteiger partial charge in [-0.15, -0.1) is 0 Å². The first kappa shape index (κ1) is 17.0. The fourth-order valence-corrected chi connectivity index (χ4v) is 3.24. The average molecular weight is 339 g/mol. The number of aliphatic carboxylic acids is 1. The molecule has 25 heavy (non-hydrogen) atoms. The van der Waals surface area contributed by atoms with Crippen molar-refractivity contribution in [3.05, 3.63) is 65.2 Å². The Morgan fingerprint density at radius 3 is 2.52 bits per heavy atom. The summed E-state index contributed by atoms with van der Waals surface area (Å²) in [6, 6.07) is 15.2. The molecule has 3 rings (SSSR count). The third-order valence-electron chi connectivity index (χ3n) is 4.67. The van der Waals surface area contributed by atoms with E-state index in [0.29, 0.717) is 18.6 Å². The van der Waals surface area contributed by atoms with Crippen molar-refractivity contribution in [3.63, 3.8) is 0 Å². The van der Waals surface area contributed by atoms with E-state index in [-0.39, 0.29) is 13.0 Å². The molecule has 0 aromatic heterocycles. The van der Waals surface area contributed by atoms with E-state index in [0.717, 1.165) is 16.7 Å². The van der Waals surface area contributed by atoms with Crippen LogP contribution in [0.2, 0.25) is 0 Å². The minimum absolute atomic E-state index is 0.207. The van der Waals surface area contributed by atoms with Gasteiger partial charge in [0.05, 0.1) is 0 Å². The normalized spacial score (nSPS) is 18.9. The van der Waals surface area contributed by atoms with Gasteiger partial charge in [0.1, 0.15) is 11.3 Å². The fraction of sp³-hybridized carbons (Fsp3) is 0.300. The summed E-state index contributed by atoms with van der Waals surface area (Å²) in [5.41, 5.74) is 1.76. The molecule has 130 valence electrons. The number of nitrogens with one attached hydrogen (secondary N) is 1.